The second-order valence-corrected chi connectivity index (χ2v) is 6.40. The van der Waals surface area contributed by atoms with E-state index in [0.717, 1.165) is 21.9 Å². The van der Waals surface area contributed by atoms with Gasteiger partial charge in [0.1, 0.15) is 0 Å². The van der Waals surface area contributed by atoms with Crippen LogP contribution in [-0.2, 0) is 6.54 Å². The molecule has 1 aliphatic rings. The third-order valence-electron chi connectivity index (χ3n) is 2.98. The molecule has 1 saturated heterocycles. The van der Waals surface area contributed by atoms with Gasteiger partial charge < -0.3 is 5.32 Å². The average molecular weight is 313 g/mol. The van der Waals surface area contributed by atoms with Crippen LogP contribution in [-0.4, -0.2) is 17.0 Å². The van der Waals surface area contributed by atoms with Gasteiger partial charge in [0, 0.05) is 16.3 Å². The van der Waals surface area contributed by atoms with Gasteiger partial charge in [-0.1, -0.05) is 46.7 Å². The Hall–Kier alpha value is -0.480. The summed E-state index contributed by atoms with van der Waals surface area (Å²) in [4.78, 5) is 4.63. The van der Waals surface area contributed by atoms with Crippen LogP contribution in [0.4, 0.5) is 0 Å². The number of halogens is 1. The summed E-state index contributed by atoms with van der Waals surface area (Å²) in [7, 11) is 0. The zero-order valence-electron chi connectivity index (χ0n) is 10.1. The van der Waals surface area contributed by atoms with Crippen molar-refractivity contribution in [3.05, 3.63) is 34.3 Å². The van der Waals surface area contributed by atoms with Crippen LogP contribution >= 0.6 is 27.7 Å². The lowest BCUT2D eigenvalue weighted by Gasteiger charge is -2.28. The van der Waals surface area contributed by atoms with Gasteiger partial charge in [-0.15, -0.1) is 0 Å². The average Bonchev–Trinajstić information content (AvgIpc) is 2.31. The van der Waals surface area contributed by atoms with Gasteiger partial charge in [0.05, 0.1) is 6.54 Å². The number of rotatable bonds is 2. The van der Waals surface area contributed by atoms with Crippen molar-refractivity contribution in [3.8, 4) is 0 Å². The van der Waals surface area contributed by atoms with Crippen molar-refractivity contribution in [1.29, 1.82) is 0 Å². The van der Waals surface area contributed by atoms with E-state index in [-0.39, 0.29) is 0 Å². The molecule has 1 aromatic carbocycles. The first-order chi connectivity index (χ1) is 8.15. The summed E-state index contributed by atoms with van der Waals surface area (Å²) in [6, 6.07) is 8.83. The van der Waals surface area contributed by atoms with Crippen LogP contribution in [0.3, 0.4) is 0 Å². The smallest absolute Gasteiger partial charge is 0.157 e. The Morgan fingerprint density at radius 2 is 2.29 bits per heavy atom. The Kier molecular flexibility index (Phi) is 4.51. The monoisotopic (exact) mass is 312 g/mol. The SMILES string of the molecule is CC1CSC(=NCc2cccc(Br)c2)NC1C. The Balaban J connectivity index is 1.97. The number of thioether (sulfide) groups is 1. The highest BCUT2D eigenvalue weighted by Crippen LogP contribution is 2.20. The zero-order chi connectivity index (χ0) is 12.3. The van der Waals surface area contributed by atoms with Crippen molar-refractivity contribution < 1.29 is 0 Å². The van der Waals surface area contributed by atoms with E-state index in [2.05, 4.69) is 52.2 Å². The van der Waals surface area contributed by atoms with Crippen molar-refractivity contribution in [1.82, 2.24) is 5.32 Å². The van der Waals surface area contributed by atoms with Gasteiger partial charge in [0.15, 0.2) is 5.17 Å². The van der Waals surface area contributed by atoms with Crippen molar-refractivity contribution >= 4 is 32.9 Å². The molecule has 92 valence electrons. The standard InChI is InChI=1S/C13H17BrN2S/c1-9-8-17-13(16-10(9)2)15-7-11-4-3-5-12(14)6-11/h3-6,9-10H,7-8H2,1-2H3,(H,15,16). The number of benzene rings is 1. The minimum absolute atomic E-state index is 0.525. The first-order valence-corrected chi connectivity index (χ1v) is 7.61. The molecule has 1 N–H and O–H groups in total. The molecular formula is C13H17BrN2S. The number of nitrogens with one attached hydrogen (secondary N) is 1. The second kappa shape index (κ2) is 5.91. The number of amidine groups is 1. The highest BCUT2D eigenvalue weighted by Gasteiger charge is 2.20. The summed E-state index contributed by atoms with van der Waals surface area (Å²) >= 11 is 5.30. The van der Waals surface area contributed by atoms with Gasteiger partial charge in [0.25, 0.3) is 0 Å². The molecule has 1 aliphatic heterocycles. The summed E-state index contributed by atoms with van der Waals surface area (Å²) in [5.74, 6) is 1.87. The van der Waals surface area contributed by atoms with Gasteiger partial charge >= 0.3 is 0 Å². The predicted molar refractivity (Wildman–Crippen MR) is 79.5 cm³/mol. The van der Waals surface area contributed by atoms with E-state index in [4.69, 9.17) is 0 Å². The van der Waals surface area contributed by atoms with Crippen LogP contribution in [0.15, 0.2) is 33.7 Å². The molecule has 1 aromatic rings. The largest absolute Gasteiger partial charge is 0.362 e. The number of hydrogen-bond acceptors (Lipinski definition) is 2. The molecule has 17 heavy (non-hydrogen) atoms. The van der Waals surface area contributed by atoms with E-state index >= 15 is 0 Å². The molecule has 0 radical (unpaired) electrons. The van der Waals surface area contributed by atoms with Crippen LogP contribution < -0.4 is 5.32 Å². The highest BCUT2D eigenvalue weighted by molar-refractivity contribution is 9.10. The molecule has 0 bridgehead atoms. The molecule has 4 heteroatoms. The lowest BCUT2D eigenvalue weighted by Crippen LogP contribution is -2.41. The summed E-state index contributed by atoms with van der Waals surface area (Å²) in [6.45, 7) is 5.24. The van der Waals surface area contributed by atoms with Crippen molar-refractivity contribution in [2.24, 2.45) is 10.9 Å². The van der Waals surface area contributed by atoms with Crippen molar-refractivity contribution in [2.45, 2.75) is 26.4 Å². The minimum atomic E-state index is 0.525. The van der Waals surface area contributed by atoms with E-state index in [1.165, 1.54) is 5.56 Å². The van der Waals surface area contributed by atoms with Gasteiger partial charge in [-0.25, -0.2) is 0 Å². The van der Waals surface area contributed by atoms with Crippen LogP contribution in [0.5, 0.6) is 0 Å². The Bertz CT molecular complexity index is 420. The molecule has 0 saturated carbocycles. The van der Waals surface area contributed by atoms with Gasteiger partial charge in [0.2, 0.25) is 0 Å². The third kappa shape index (κ3) is 3.75. The Labute approximate surface area is 115 Å². The summed E-state index contributed by atoms with van der Waals surface area (Å²) in [5.41, 5.74) is 1.24. The van der Waals surface area contributed by atoms with Gasteiger partial charge in [-0.2, -0.15) is 0 Å². The first-order valence-electron chi connectivity index (χ1n) is 5.83. The lowest BCUT2D eigenvalue weighted by atomic mass is 10.1. The Morgan fingerprint density at radius 1 is 1.47 bits per heavy atom. The molecular weight excluding hydrogens is 296 g/mol. The van der Waals surface area contributed by atoms with E-state index < -0.39 is 0 Å². The normalized spacial score (nSPS) is 26.9. The Morgan fingerprint density at radius 3 is 3.00 bits per heavy atom. The molecule has 2 nitrogen and oxygen atoms in total. The number of hydrogen-bond donors (Lipinski definition) is 1. The van der Waals surface area contributed by atoms with Gasteiger partial charge in [-0.3, -0.25) is 4.99 Å². The first kappa shape index (κ1) is 13.0. The third-order valence-corrected chi connectivity index (χ3v) is 4.69. The van der Waals surface area contributed by atoms with Crippen LogP contribution in [0.25, 0.3) is 0 Å². The van der Waals surface area contributed by atoms with Crippen LogP contribution in [0, 0.1) is 5.92 Å². The maximum absolute atomic E-state index is 4.63. The molecule has 0 aliphatic carbocycles. The van der Waals surface area contributed by atoms with Gasteiger partial charge in [-0.05, 0) is 30.5 Å². The molecule has 2 rings (SSSR count). The molecule has 0 spiro atoms. The number of nitrogens with zero attached hydrogens (tertiary/aromatic N) is 1. The zero-order valence-corrected chi connectivity index (χ0v) is 12.5. The van der Waals surface area contributed by atoms with E-state index in [1.807, 2.05) is 23.9 Å². The number of aliphatic imine (C=N–C) groups is 1. The summed E-state index contributed by atoms with van der Waals surface area (Å²) < 4.78 is 1.11. The van der Waals surface area contributed by atoms with E-state index in [0.29, 0.717) is 12.0 Å². The maximum atomic E-state index is 4.63. The fourth-order valence-electron chi connectivity index (χ4n) is 1.62. The molecule has 2 unspecified atom stereocenters. The predicted octanol–water partition coefficient (Wildman–Crippen LogP) is 3.67. The quantitative estimate of drug-likeness (QED) is 0.901. The molecule has 2 atom stereocenters. The second-order valence-electron chi connectivity index (χ2n) is 4.47. The maximum Gasteiger partial charge on any atom is 0.157 e. The summed E-state index contributed by atoms with van der Waals surface area (Å²) in [5, 5.41) is 4.53. The van der Waals surface area contributed by atoms with E-state index in [9.17, 15) is 0 Å². The molecule has 1 heterocycles. The van der Waals surface area contributed by atoms with E-state index in [1.54, 1.807) is 0 Å². The minimum Gasteiger partial charge on any atom is -0.362 e. The molecule has 1 fully saturated rings. The fourth-order valence-corrected chi connectivity index (χ4v) is 3.20. The van der Waals surface area contributed by atoms with Crippen LogP contribution in [0.2, 0.25) is 0 Å². The van der Waals surface area contributed by atoms with Crippen LogP contribution in [0.1, 0.15) is 19.4 Å². The fraction of sp³-hybridized carbons (Fsp3) is 0.462. The molecule has 0 amide bonds. The van der Waals surface area contributed by atoms with Crippen molar-refractivity contribution in [2.75, 3.05) is 5.75 Å². The molecule has 0 aromatic heterocycles. The topological polar surface area (TPSA) is 24.4 Å². The highest BCUT2D eigenvalue weighted by atomic mass is 79.9. The summed E-state index contributed by atoms with van der Waals surface area (Å²) in [6.07, 6.45) is 0. The van der Waals surface area contributed by atoms with Crippen molar-refractivity contribution in [3.63, 3.8) is 0 Å². The lowest BCUT2D eigenvalue weighted by molar-refractivity contribution is 0.490.